The van der Waals surface area contributed by atoms with Gasteiger partial charge < -0.3 is 15.2 Å². The Hall–Kier alpha value is -1.56. The average molecular weight is 378 g/mol. The number of rotatable bonds is 10. The smallest absolute Gasteiger partial charge is 0.191 e. The first kappa shape index (κ1) is 21.7. The molecule has 0 radical (unpaired) electrons. The molecule has 1 aromatic heterocycles. The van der Waals surface area contributed by atoms with Gasteiger partial charge in [0, 0.05) is 31.1 Å². The van der Waals surface area contributed by atoms with Crippen LogP contribution in [-0.4, -0.2) is 48.2 Å². The minimum atomic E-state index is 0.573. The molecule has 0 amide bonds. The molecule has 1 atom stereocenters. The van der Waals surface area contributed by atoms with Crippen LogP contribution in [0.2, 0.25) is 0 Å². The number of aliphatic imine (C=N–C) groups is 1. The van der Waals surface area contributed by atoms with Gasteiger partial charge in [-0.1, -0.05) is 32.9 Å². The van der Waals surface area contributed by atoms with E-state index in [0.29, 0.717) is 18.5 Å². The third kappa shape index (κ3) is 6.52. The van der Waals surface area contributed by atoms with E-state index in [4.69, 9.17) is 9.52 Å². The summed E-state index contributed by atoms with van der Waals surface area (Å²) in [7, 11) is 0. The minimum Gasteiger partial charge on any atom is -0.361 e. The first-order valence-electron chi connectivity index (χ1n) is 10.8. The second-order valence-electron chi connectivity index (χ2n) is 7.84. The number of aromatic nitrogens is 1. The summed E-state index contributed by atoms with van der Waals surface area (Å²) >= 11 is 0. The molecule has 0 saturated carbocycles. The molecule has 0 aromatic carbocycles. The van der Waals surface area contributed by atoms with Crippen LogP contribution < -0.4 is 10.6 Å². The van der Waals surface area contributed by atoms with Crippen molar-refractivity contribution in [2.45, 2.75) is 79.3 Å². The molecule has 2 N–H and O–H groups in total. The van der Waals surface area contributed by atoms with Crippen LogP contribution in [-0.2, 0) is 19.4 Å². The quantitative estimate of drug-likeness (QED) is 0.483. The van der Waals surface area contributed by atoms with E-state index < -0.39 is 0 Å². The van der Waals surface area contributed by atoms with Gasteiger partial charge in [0.25, 0.3) is 0 Å². The highest BCUT2D eigenvalue weighted by atomic mass is 16.5. The molecule has 1 fully saturated rings. The predicted octanol–water partition coefficient (Wildman–Crippen LogP) is 3.37. The van der Waals surface area contributed by atoms with Gasteiger partial charge in [0.1, 0.15) is 5.76 Å². The Labute approximate surface area is 165 Å². The molecule has 0 aliphatic carbocycles. The number of hydrogen-bond acceptors (Lipinski definition) is 4. The van der Waals surface area contributed by atoms with E-state index >= 15 is 0 Å². The molecule has 1 aliphatic heterocycles. The van der Waals surface area contributed by atoms with Gasteiger partial charge in [0.2, 0.25) is 0 Å². The van der Waals surface area contributed by atoms with Crippen molar-refractivity contribution in [1.82, 2.24) is 20.7 Å². The largest absolute Gasteiger partial charge is 0.361 e. The summed E-state index contributed by atoms with van der Waals surface area (Å²) in [5.41, 5.74) is 2.18. The van der Waals surface area contributed by atoms with Gasteiger partial charge in [0.05, 0.1) is 12.2 Å². The SMILES string of the molecule is CCNC(=NCc1c(CC)noc1CC)NCC(CC(C)C)N1CCCC1. The molecule has 27 heavy (non-hydrogen) atoms. The fourth-order valence-electron chi connectivity index (χ4n) is 3.84. The van der Waals surface area contributed by atoms with Gasteiger partial charge in [0.15, 0.2) is 5.96 Å². The van der Waals surface area contributed by atoms with Gasteiger partial charge in [-0.2, -0.15) is 0 Å². The van der Waals surface area contributed by atoms with Crippen molar-refractivity contribution in [2.75, 3.05) is 26.2 Å². The first-order valence-corrected chi connectivity index (χ1v) is 10.8. The Kier molecular flexibility index (Phi) is 9.11. The number of nitrogens with one attached hydrogen (secondary N) is 2. The van der Waals surface area contributed by atoms with Crippen molar-refractivity contribution in [3.8, 4) is 0 Å². The fourth-order valence-corrected chi connectivity index (χ4v) is 3.84. The zero-order chi connectivity index (χ0) is 19.6. The second-order valence-corrected chi connectivity index (χ2v) is 7.84. The maximum atomic E-state index is 5.47. The average Bonchev–Trinajstić information content (AvgIpc) is 3.31. The van der Waals surface area contributed by atoms with Crippen LogP contribution in [0, 0.1) is 5.92 Å². The van der Waals surface area contributed by atoms with Crippen molar-refractivity contribution >= 4 is 5.96 Å². The number of likely N-dealkylation sites (tertiary alicyclic amines) is 1. The summed E-state index contributed by atoms with van der Waals surface area (Å²) in [6.07, 6.45) is 5.61. The molecule has 2 heterocycles. The lowest BCUT2D eigenvalue weighted by molar-refractivity contribution is 0.213. The monoisotopic (exact) mass is 377 g/mol. The Bertz CT molecular complexity index is 554. The molecule has 154 valence electrons. The minimum absolute atomic E-state index is 0.573. The summed E-state index contributed by atoms with van der Waals surface area (Å²) in [6.45, 7) is 15.8. The summed E-state index contributed by atoms with van der Waals surface area (Å²) in [6, 6.07) is 0.573. The Morgan fingerprint density at radius 1 is 1.15 bits per heavy atom. The zero-order valence-electron chi connectivity index (χ0n) is 18.0. The summed E-state index contributed by atoms with van der Waals surface area (Å²) in [4.78, 5) is 7.47. The number of guanidine groups is 1. The highest BCUT2D eigenvalue weighted by molar-refractivity contribution is 5.79. The van der Waals surface area contributed by atoms with Gasteiger partial charge >= 0.3 is 0 Å². The number of aryl methyl sites for hydroxylation is 2. The summed E-state index contributed by atoms with van der Waals surface area (Å²) < 4.78 is 5.47. The second kappa shape index (κ2) is 11.3. The molecule has 1 aliphatic rings. The molecule has 2 rings (SSSR count). The zero-order valence-corrected chi connectivity index (χ0v) is 18.0. The number of nitrogens with zero attached hydrogens (tertiary/aromatic N) is 3. The van der Waals surface area contributed by atoms with E-state index in [1.54, 1.807) is 0 Å². The van der Waals surface area contributed by atoms with Crippen LogP contribution in [0.5, 0.6) is 0 Å². The molecule has 0 spiro atoms. The maximum absolute atomic E-state index is 5.47. The molecule has 6 nitrogen and oxygen atoms in total. The molecule has 0 bridgehead atoms. The van der Waals surface area contributed by atoms with Crippen LogP contribution in [0.3, 0.4) is 0 Å². The Morgan fingerprint density at radius 3 is 2.48 bits per heavy atom. The van der Waals surface area contributed by atoms with Crippen molar-refractivity contribution in [3.63, 3.8) is 0 Å². The van der Waals surface area contributed by atoms with Gasteiger partial charge in [-0.3, -0.25) is 4.90 Å². The van der Waals surface area contributed by atoms with E-state index in [1.165, 1.54) is 32.4 Å². The topological polar surface area (TPSA) is 65.7 Å². The van der Waals surface area contributed by atoms with Crippen molar-refractivity contribution in [1.29, 1.82) is 0 Å². The third-order valence-corrected chi connectivity index (χ3v) is 5.25. The standard InChI is InChI=1S/C21H39N5O/c1-6-19-18(20(7-2)27-25-19)15-24-21(22-8-3)23-14-17(13-16(4)5)26-11-9-10-12-26/h16-17H,6-15H2,1-5H3,(H2,22,23,24). The molecular weight excluding hydrogens is 338 g/mol. The van der Waals surface area contributed by atoms with Gasteiger partial charge in [-0.15, -0.1) is 0 Å². The van der Waals surface area contributed by atoms with Crippen LogP contribution in [0.1, 0.15) is 70.9 Å². The van der Waals surface area contributed by atoms with Crippen molar-refractivity contribution < 1.29 is 4.52 Å². The lowest BCUT2D eigenvalue weighted by Crippen LogP contribution is -2.47. The first-order chi connectivity index (χ1) is 13.1. The molecule has 1 unspecified atom stereocenters. The highest BCUT2D eigenvalue weighted by Crippen LogP contribution is 2.18. The van der Waals surface area contributed by atoms with Gasteiger partial charge in [-0.05, 0) is 51.6 Å². The Balaban J connectivity index is 2.02. The van der Waals surface area contributed by atoms with Crippen LogP contribution in [0.15, 0.2) is 9.52 Å². The molecule has 1 saturated heterocycles. The molecule has 6 heteroatoms. The van der Waals surface area contributed by atoms with E-state index in [0.717, 1.165) is 48.9 Å². The van der Waals surface area contributed by atoms with Crippen LogP contribution in [0.25, 0.3) is 0 Å². The highest BCUT2D eigenvalue weighted by Gasteiger charge is 2.23. The van der Waals surface area contributed by atoms with E-state index in [9.17, 15) is 0 Å². The van der Waals surface area contributed by atoms with Crippen molar-refractivity contribution in [2.24, 2.45) is 10.9 Å². The lowest BCUT2D eigenvalue weighted by Gasteiger charge is -2.29. The predicted molar refractivity (Wildman–Crippen MR) is 112 cm³/mol. The van der Waals surface area contributed by atoms with Crippen LogP contribution in [0.4, 0.5) is 0 Å². The summed E-state index contributed by atoms with van der Waals surface area (Å²) in [5.74, 6) is 2.55. The summed E-state index contributed by atoms with van der Waals surface area (Å²) in [5, 5.41) is 11.2. The lowest BCUT2D eigenvalue weighted by atomic mass is 10.0. The normalized spacial score (nSPS) is 16.9. The van der Waals surface area contributed by atoms with E-state index in [2.05, 4.69) is 55.3 Å². The Morgan fingerprint density at radius 2 is 1.89 bits per heavy atom. The number of hydrogen-bond donors (Lipinski definition) is 2. The van der Waals surface area contributed by atoms with Crippen molar-refractivity contribution in [3.05, 3.63) is 17.0 Å². The fraction of sp³-hybridized carbons (Fsp3) is 0.810. The molecule has 1 aromatic rings. The molecular formula is C21H39N5O. The van der Waals surface area contributed by atoms with E-state index in [-0.39, 0.29) is 0 Å². The third-order valence-electron chi connectivity index (χ3n) is 5.25. The van der Waals surface area contributed by atoms with Gasteiger partial charge in [-0.25, -0.2) is 4.99 Å². The maximum Gasteiger partial charge on any atom is 0.191 e. The van der Waals surface area contributed by atoms with Crippen LogP contribution >= 0.6 is 0 Å². The van der Waals surface area contributed by atoms with E-state index in [1.807, 2.05) is 0 Å².